The number of rotatable bonds is 6. The van der Waals surface area contributed by atoms with E-state index >= 15 is 0 Å². The number of pyridine rings is 1. The van der Waals surface area contributed by atoms with Crippen LogP contribution >= 0.6 is 0 Å². The minimum absolute atomic E-state index is 0.123. The largest absolute Gasteiger partial charge is 0.375 e. The van der Waals surface area contributed by atoms with Crippen molar-refractivity contribution in [1.82, 2.24) is 24.9 Å². The van der Waals surface area contributed by atoms with E-state index in [0.717, 1.165) is 25.2 Å². The van der Waals surface area contributed by atoms with Crippen LogP contribution in [0.2, 0.25) is 0 Å². The number of aryl methyl sites for hydroxylation is 1. The second-order valence-electron chi connectivity index (χ2n) is 5.47. The summed E-state index contributed by atoms with van der Waals surface area (Å²) < 4.78 is 7.58. The van der Waals surface area contributed by atoms with Crippen LogP contribution in [0.15, 0.2) is 37.2 Å². The number of fused-ring (bicyclic) bond motifs is 1. The molecule has 0 radical (unpaired) electrons. The third-order valence-electron chi connectivity index (χ3n) is 3.99. The molecular weight excluding hydrogens is 278 g/mol. The lowest BCUT2D eigenvalue weighted by atomic mass is 10.0. The average Bonchev–Trinajstić information content (AvgIpc) is 2.92. The molecule has 0 saturated heterocycles. The van der Waals surface area contributed by atoms with Gasteiger partial charge in [0.05, 0.1) is 24.9 Å². The van der Waals surface area contributed by atoms with Gasteiger partial charge < -0.3 is 4.74 Å². The average molecular weight is 299 g/mol. The lowest BCUT2D eigenvalue weighted by Crippen LogP contribution is -2.38. The van der Waals surface area contributed by atoms with Gasteiger partial charge in [0.15, 0.2) is 0 Å². The van der Waals surface area contributed by atoms with E-state index in [0.29, 0.717) is 13.2 Å². The van der Waals surface area contributed by atoms with Gasteiger partial charge in [0.1, 0.15) is 5.69 Å². The van der Waals surface area contributed by atoms with Gasteiger partial charge in [-0.1, -0.05) is 17.4 Å². The van der Waals surface area contributed by atoms with E-state index in [1.165, 1.54) is 11.3 Å². The van der Waals surface area contributed by atoms with Crippen molar-refractivity contribution in [3.8, 4) is 0 Å². The van der Waals surface area contributed by atoms with E-state index in [-0.39, 0.29) is 6.04 Å². The molecule has 3 heterocycles. The topological polar surface area (TPSA) is 56.1 Å². The fourth-order valence-corrected chi connectivity index (χ4v) is 2.88. The second kappa shape index (κ2) is 6.81. The standard InChI is InChI=1S/C16H21N5O/c1-3-9-22-12-15-16-14(20(2)19-18-16)6-8-21(15)11-13-5-4-7-17-10-13/h3-5,7,10,15H,1,6,8-9,11-12H2,2H3. The van der Waals surface area contributed by atoms with Crippen molar-refractivity contribution < 1.29 is 4.74 Å². The molecule has 0 aliphatic carbocycles. The van der Waals surface area contributed by atoms with Gasteiger partial charge in [0.2, 0.25) is 0 Å². The Labute approximate surface area is 130 Å². The van der Waals surface area contributed by atoms with Crippen molar-refractivity contribution in [3.63, 3.8) is 0 Å². The first-order valence-corrected chi connectivity index (χ1v) is 7.49. The van der Waals surface area contributed by atoms with Gasteiger partial charge in [0.25, 0.3) is 0 Å². The molecule has 2 aromatic rings. The van der Waals surface area contributed by atoms with Crippen molar-refractivity contribution in [2.45, 2.75) is 19.0 Å². The normalized spacial score (nSPS) is 18.1. The maximum Gasteiger partial charge on any atom is 0.105 e. The number of hydrogen-bond donors (Lipinski definition) is 0. The van der Waals surface area contributed by atoms with Crippen LogP contribution in [0.1, 0.15) is 23.0 Å². The Kier molecular flexibility index (Phi) is 4.60. The molecule has 0 bridgehead atoms. The van der Waals surface area contributed by atoms with Gasteiger partial charge in [-0.2, -0.15) is 0 Å². The molecule has 1 atom stereocenters. The molecule has 3 rings (SSSR count). The molecular formula is C16H21N5O. The first-order valence-electron chi connectivity index (χ1n) is 7.49. The highest BCUT2D eigenvalue weighted by atomic mass is 16.5. The van der Waals surface area contributed by atoms with Gasteiger partial charge in [0, 0.05) is 39.0 Å². The molecule has 6 heteroatoms. The molecule has 0 spiro atoms. The van der Waals surface area contributed by atoms with Crippen LogP contribution in [0.5, 0.6) is 0 Å². The third-order valence-corrected chi connectivity index (χ3v) is 3.99. The highest BCUT2D eigenvalue weighted by molar-refractivity contribution is 5.20. The van der Waals surface area contributed by atoms with Crippen molar-refractivity contribution in [2.24, 2.45) is 7.05 Å². The molecule has 0 N–H and O–H groups in total. The summed E-state index contributed by atoms with van der Waals surface area (Å²) in [7, 11) is 1.95. The molecule has 0 aromatic carbocycles. The van der Waals surface area contributed by atoms with Crippen molar-refractivity contribution in [2.75, 3.05) is 19.8 Å². The van der Waals surface area contributed by atoms with E-state index < -0.39 is 0 Å². The van der Waals surface area contributed by atoms with E-state index in [4.69, 9.17) is 4.74 Å². The first kappa shape index (κ1) is 14.9. The van der Waals surface area contributed by atoms with Gasteiger partial charge in [-0.25, -0.2) is 0 Å². The molecule has 116 valence electrons. The van der Waals surface area contributed by atoms with Crippen LogP contribution in [0.4, 0.5) is 0 Å². The molecule has 1 aliphatic heterocycles. The van der Waals surface area contributed by atoms with Crippen molar-refractivity contribution in [1.29, 1.82) is 0 Å². The monoisotopic (exact) mass is 299 g/mol. The highest BCUT2D eigenvalue weighted by Gasteiger charge is 2.31. The second-order valence-corrected chi connectivity index (χ2v) is 5.47. The fraction of sp³-hybridized carbons (Fsp3) is 0.438. The number of ether oxygens (including phenoxy) is 1. The van der Waals surface area contributed by atoms with E-state index in [9.17, 15) is 0 Å². The zero-order valence-corrected chi connectivity index (χ0v) is 12.9. The van der Waals surface area contributed by atoms with E-state index in [1.807, 2.05) is 24.0 Å². The zero-order valence-electron chi connectivity index (χ0n) is 12.9. The Hall–Kier alpha value is -2.05. The molecule has 0 saturated carbocycles. The minimum atomic E-state index is 0.123. The smallest absolute Gasteiger partial charge is 0.105 e. The van der Waals surface area contributed by atoms with Crippen LogP contribution < -0.4 is 0 Å². The molecule has 1 aliphatic rings. The van der Waals surface area contributed by atoms with E-state index in [1.54, 1.807) is 12.3 Å². The predicted molar refractivity (Wildman–Crippen MR) is 83.1 cm³/mol. The lowest BCUT2D eigenvalue weighted by Gasteiger charge is -2.34. The quantitative estimate of drug-likeness (QED) is 0.598. The summed E-state index contributed by atoms with van der Waals surface area (Å²) in [6, 6.07) is 4.19. The predicted octanol–water partition coefficient (Wildman–Crippen LogP) is 1.51. The summed E-state index contributed by atoms with van der Waals surface area (Å²) >= 11 is 0. The fourth-order valence-electron chi connectivity index (χ4n) is 2.88. The van der Waals surface area contributed by atoms with Gasteiger partial charge in [-0.15, -0.1) is 11.7 Å². The Morgan fingerprint density at radius 3 is 3.18 bits per heavy atom. The maximum atomic E-state index is 5.70. The van der Waals surface area contributed by atoms with Gasteiger partial charge >= 0.3 is 0 Å². The van der Waals surface area contributed by atoms with Crippen LogP contribution in [0.25, 0.3) is 0 Å². The van der Waals surface area contributed by atoms with Gasteiger partial charge in [-0.05, 0) is 11.6 Å². The molecule has 1 unspecified atom stereocenters. The van der Waals surface area contributed by atoms with Crippen LogP contribution in [0.3, 0.4) is 0 Å². The SMILES string of the molecule is C=CCOCC1c2nnn(C)c2CCN1Cc1cccnc1. The lowest BCUT2D eigenvalue weighted by molar-refractivity contribution is 0.0599. The van der Waals surface area contributed by atoms with Crippen LogP contribution in [-0.2, 0) is 24.8 Å². The molecule has 22 heavy (non-hydrogen) atoms. The summed E-state index contributed by atoms with van der Waals surface area (Å²) in [4.78, 5) is 6.58. The Balaban J connectivity index is 1.80. The summed E-state index contributed by atoms with van der Waals surface area (Å²) in [5.74, 6) is 0. The Bertz CT molecular complexity index is 625. The minimum Gasteiger partial charge on any atom is -0.375 e. The molecule has 6 nitrogen and oxygen atoms in total. The molecule has 0 amide bonds. The summed E-state index contributed by atoms with van der Waals surface area (Å²) in [6.45, 7) is 6.65. The number of aromatic nitrogens is 4. The van der Waals surface area contributed by atoms with Crippen molar-refractivity contribution >= 4 is 0 Å². The van der Waals surface area contributed by atoms with E-state index in [2.05, 4.69) is 32.8 Å². The number of hydrogen-bond acceptors (Lipinski definition) is 5. The van der Waals surface area contributed by atoms with Crippen molar-refractivity contribution in [3.05, 3.63) is 54.1 Å². The Morgan fingerprint density at radius 1 is 1.50 bits per heavy atom. The summed E-state index contributed by atoms with van der Waals surface area (Å²) in [6.07, 6.45) is 6.43. The van der Waals surface area contributed by atoms with Crippen LogP contribution in [0, 0.1) is 0 Å². The zero-order chi connectivity index (χ0) is 15.4. The summed E-state index contributed by atoms with van der Waals surface area (Å²) in [5.41, 5.74) is 3.43. The van der Waals surface area contributed by atoms with Gasteiger partial charge in [-0.3, -0.25) is 14.6 Å². The Morgan fingerprint density at radius 2 is 2.41 bits per heavy atom. The number of nitrogens with zero attached hydrogens (tertiary/aromatic N) is 5. The van der Waals surface area contributed by atoms with Crippen LogP contribution in [-0.4, -0.2) is 44.6 Å². The molecule has 2 aromatic heterocycles. The third kappa shape index (κ3) is 3.08. The maximum absolute atomic E-state index is 5.70. The molecule has 0 fully saturated rings. The highest BCUT2D eigenvalue weighted by Crippen LogP contribution is 2.29. The summed E-state index contributed by atoms with van der Waals surface area (Å²) in [5, 5.41) is 8.53. The first-order chi connectivity index (χ1) is 10.8.